The van der Waals surface area contributed by atoms with Crippen molar-refractivity contribution in [3.63, 3.8) is 0 Å². The Labute approximate surface area is 136 Å². The fourth-order valence-corrected chi connectivity index (χ4v) is 7.93. The molecule has 0 N–H and O–H groups in total. The Morgan fingerprint density at radius 3 is 0.864 bits per heavy atom. The first-order valence-corrected chi connectivity index (χ1v) is 11.5. The molecule has 0 heterocycles. The van der Waals surface area contributed by atoms with Crippen LogP contribution in [0.3, 0.4) is 0 Å². The van der Waals surface area contributed by atoms with E-state index in [1.54, 1.807) is 24.6 Å². The molecule has 0 nitrogen and oxygen atoms in total. The van der Waals surface area contributed by atoms with Crippen LogP contribution in [-0.4, -0.2) is 31.9 Å². The smallest absolute Gasteiger partial charge is 0.418 e. The summed E-state index contributed by atoms with van der Waals surface area (Å²) in [5.74, 6) is 0. The lowest BCUT2D eigenvalue weighted by Crippen LogP contribution is -2.12. The lowest BCUT2D eigenvalue weighted by atomic mass is 10.3. The third-order valence-electron chi connectivity index (χ3n) is 3.94. The van der Waals surface area contributed by atoms with Crippen LogP contribution in [0.1, 0.15) is 79.1 Å². The van der Waals surface area contributed by atoms with Crippen molar-refractivity contribution < 1.29 is 17.3 Å². The lowest BCUT2D eigenvalue weighted by Gasteiger charge is -2.37. The first-order valence-electron chi connectivity index (χ1n) is 8.97. The molecule has 137 valence electrons. The van der Waals surface area contributed by atoms with E-state index >= 15 is 0 Å². The van der Waals surface area contributed by atoms with E-state index in [2.05, 4.69) is 27.7 Å². The summed E-state index contributed by atoms with van der Waals surface area (Å²) in [6.07, 6.45) is 17.9. The summed E-state index contributed by atoms with van der Waals surface area (Å²) in [6, 6.07) is 0. The van der Waals surface area contributed by atoms with Gasteiger partial charge in [-0.25, -0.2) is 0 Å². The fourth-order valence-electron chi connectivity index (χ4n) is 2.64. The summed E-state index contributed by atoms with van der Waals surface area (Å²) in [4.78, 5) is 0. The molecule has 0 atom stereocenters. The SMILES string of the molecule is CCCC[P](CCCC)(CCCC)CCCC.F[B-](F)(F)F. The van der Waals surface area contributed by atoms with E-state index < -0.39 is 14.5 Å². The van der Waals surface area contributed by atoms with Crippen molar-refractivity contribution in [3.8, 4) is 0 Å². The molecule has 0 saturated carbocycles. The molecule has 0 unspecified atom stereocenters. The summed E-state index contributed by atoms with van der Waals surface area (Å²) in [5, 5.41) is 0. The lowest BCUT2D eigenvalue weighted by molar-refractivity contribution is 0.368. The maximum Gasteiger partial charge on any atom is 0.673 e. The van der Waals surface area contributed by atoms with E-state index in [9.17, 15) is 17.3 Å². The average molecular weight is 346 g/mol. The Bertz CT molecular complexity index is 191. The predicted molar refractivity (Wildman–Crippen MR) is 96.2 cm³/mol. The number of halogens is 4. The van der Waals surface area contributed by atoms with Crippen molar-refractivity contribution in [3.05, 3.63) is 0 Å². The second-order valence-corrected chi connectivity index (χ2v) is 10.6. The van der Waals surface area contributed by atoms with Gasteiger partial charge in [0.1, 0.15) is 0 Å². The summed E-state index contributed by atoms with van der Waals surface area (Å²) in [6.45, 7) is 9.42. The molecule has 22 heavy (non-hydrogen) atoms. The second-order valence-electron chi connectivity index (χ2n) is 6.15. The highest BCUT2D eigenvalue weighted by atomic mass is 31.2. The molecule has 0 bridgehead atoms. The second kappa shape index (κ2) is 14.8. The van der Waals surface area contributed by atoms with E-state index in [-0.39, 0.29) is 0 Å². The topological polar surface area (TPSA) is 0 Å². The predicted octanol–water partition coefficient (Wildman–Crippen LogP) is 7.50. The van der Waals surface area contributed by atoms with Crippen molar-refractivity contribution in [2.75, 3.05) is 24.6 Å². The maximum absolute atomic E-state index is 9.75. The highest BCUT2D eigenvalue weighted by Crippen LogP contribution is 2.61. The highest BCUT2D eigenvalue weighted by Gasteiger charge is 2.24. The van der Waals surface area contributed by atoms with Crippen molar-refractivity contribution in [1.29, 1.82) is 0 Å². The molecule has 0 spiro atoms. The van der Waals surface area contributed by atoms with Gasteiger partial charge in [0.2, 0.25) is 0 Å². The van der Waals surface area contributed by atoms with E-state index in [0.29, 0.717) is 0 Å². The molecular formula is C16H36BF4P-. The molecule has 0 aromatic carbocycles. The van der Waals surface area contributed by atoms with Gasteiger partial charge in [-0.05, 0) is 50.3 Å². The average Bonchev–Trinajstić information content (AvgIpc) is 2.44. The zero-order valence-corrected chi connectivity index (χ0v) is 15.9. The number of hydrogen-bond acceptors (Lipinski definition) is 0. The molecule has 0 amide bonds. The Morgan fingerprint density at radius 2 is 0.727 bits per heavy atom. The van der Waals surface area contributed by atoms with Gasteiger partial charge in [-0.2, -0.15) is 0 Å². The maximum atomic E-state index is 9.75. The van der Waals surface area contributed by atoms with Gasteiger partial charge in [-0.15, -0.1) is 7.26 Å². The van der Waals surface area contributed by atoms with Gasteiger partial charge in [0, 0.05) is 0 Å². The molecule has 0 rings (SSSR count). The van der Waals surface area contributed by atoms with Gasteiger partial charge in [-0.3, -0.25) is 0 Å². The number of unbranched alkanes of at least 4 members (excludes halogenated alkanes) is 4. The summed E-state index contributed by atoms with van der Waals surface area (Å²) < 4.78 is 39.0. The Kier molecular flexibility index (Phi) is 16.4. The van der Waals surface area contributed by atoms with Crippen molar-refractivity contribution in [1.82, 2.24) is 0 Å². The Morgan fingerprint density at radius 1 is 0.545 bits per heavy atom. The molecule has 0 fully saturated rings. The van der Waals surface area contributed by atoms with Crippen LogP contribution in [0, 0.1) is 0 Å². The summed E-state index contributed by atoms with van der Waals surface area (Å²) in [7, 11) is -6.56. The van der Waals surface area contributed by atoms with Crippen molar-refractivity contribution in [2.45, 2.75) is 79.1 Å². The van der Waals surface area contributed by atoms with Gasteiger partial charge in [0.25, 0.3) is 0 Å². The molecule has 0 aliphatic rings. The van der Waals surface area contributed by atoms with Gasteiger partial charge in [0.05, 0.1) is 0 Å². The third-order valence-corrected chi connectivity index (χ3v) is 9.00. The first-order chi connectivity index (χ1) is 10.2. The highest BCUT2D eigenvalue weighted by molar-refractivity contribution is 7.75. The number of hydrogen-bond donors (Lipinski definition) is 0. The van der Waals surface area contributed by atoms with Gasteiger partial charge in [-0.1, -0.05) is 53.4 Å². The van der Waals surface area contributed by atoms with Gasteiger partial charge in [0.15, 0.2) is 0 Å². The molecule has 0 aliphatic heterocycles. The summed E-state index contributed by atoms with van der Waals surface area (Å²) >= 11 is 0. The zero-order valence-electron chi connectivity index (χ0n) is 15.0. The fraction of sp³-hybridized carbons (Fsp3) is 1.00. The molecule has 1 radical (unpaired) electrons. The van der Waals surface area contributed by atoms with E-state index in [0.717, 1.165) is 0 Å². The van der Waals surface area contributed by atoms with Crippen LogP contribution >= 0.6 is 7.26 Å². The van der Waals surface area contributed by atoms with E-state index in [1.165, 1.54) is 51.4 Å². The van der Waals surface area contributed by atoms with Gasteiger partial charge >= 0.3 is 7.25 Å². The Hall–Kier alpha value is 0.215. The minimum absolute atomic E-state index is 0.562. The minimum Gasteiger partial charge on any atom is -0.418 e. The Balaban J connectivity index is 0. The van der Waals surface area contributed by atoms with Crippen LogP contribution in [0.25, 0.3) is 0 Å². The quantitative estimate of drug-likeness (QED) is 0.195. The van der Waals surface area contributed by atoms with Gasteiger partial charge < -0.3 is 17.3 Å². The van der Waals surface area contributed by atoms with Crippen molar-refractivity contribution in [2.24, 2.45) is 0 Å². The van der Waals surface area contributed by atoms with E-state index in [4.69, 9.17) is 0 Å². The molecule has 0 aromatic rings. The van der Waals surface area contributed by atoms with Crippen LogP contribution in [0.15, 0.2) is 0 Å². The molecule has 0 aromatic heterocycles. The van der Waals surface area contributed by atoms with Crippen LogP contribution in [0.5, 0.6) is 0 Å². The summed E-state index contributed by atoms with van der Waals surface area (Å²) in [5.41, 5.74) is 0. The third kappa shape index (κ3) is 18.3. The molecule has 0 aliphatic carbocycles. The van der Waals surface area contributed by atoms with Crippen LogP contribution in [-0.2, 0) is 0 Å². The first kappa shape index (κ1) is 24.5. The largest absolute Gasteiger partial charge is 0.673 e. The molecule has 6 heteroatoms. The monoisotopic (exact) mass is 346 g/mol. The van der Waals surface area contributed by atoms with Crippen LogP contribution in [0.2, 0.25) is 0 Å². The molecular weight excluding hydrogens is 310 g/mol. The standard InChI is InChI=1S/C16H36P.BF4/c1-5-9-13-17(14-10-6-2,15-11-7-3)16-12-8-4;2-1(3,4)5/h5-16H2,1-4H3;/q;-1. The minimum atomic E-state index is -6.00. The van der Waals surface area contributed by atoms with Crippen LogP contribution in [0.4, 0.5) is 17.3 Å². The number of rotatable bonds is 12. The normalized spacial score (nSPS) is 12.0. The van der Waals surface area contributed by atoms with Crippen LogP contribution < -0.4 is 0 Å². The zero-order chi connectivity index (χ0) is 17.5. The molecule has 0 saturated heterocycles. The van der Waals surface area contributed by atoms with Crippen molar-refractivity contribution >= 4 is 14.5 Å². The van der Waals surface area contributed by atoms with E-state index in [1.807, 2.05) is 0 Å².